The van der Waals surface area contributed by atoms with Gasteiger partial charge in [0, 0.05) is 5.56 Å². The molecule has 0 saturated carbocycles. The molecule has 2 nitrogen and oxygen atoms in total. The number of halogens is 1. The predicted molar refractivity (Wildman–Crippen MR) is 94.4 cm³/mol. The summed E-state index contributed by atoms with van der Waals surface area (Å²) in [4.78, 5) is 8.79. The van der Waals surface area contributed by atoms with Gasteiger partial charge < -0.3 is 0 Å². The zero-order valence-corrected chi connectivity index (χ0v) is 13.7. The van der Waals surface area contributed by atoms with Crippen LogP contribution in [0.1, 0.15) is 25.3 Å². The van der Waals surface area contributed by atoms with E-state index in [2.05, 4.69) is 29.2 Å². The van der Waals surface area contributed by atoms with Crippen molar-refractivity contribution in [2.45, 2.75) is 19.8 Å². The quantitative estimate of drug-likeness (QED) is 0.468. The molecule has 2 aromatic heterocycles. The Labute approximate surface area is 137 Å². The molecule has 0 amide bonds. The molecule has 0 fully saturated rings. The minimum Gasteiger partial charge on any atom is -0.235 e. The van der Waals surface area contributed by atoms with E-state index in [1.807, 2.05) is 30.3 Å². The molecule has 0 atom stereocenters. The number of hydrogen-bond donors (Lipinski definition) is 0. The fourth-order valence-corrected chi connectivity index (χ4v) is 4.05. The highest BCUT2D eigenvalue weighted by molar-refractivity contribution is 7.17. The fourth-order valence-electron chi connectivity index (χ4n) is 2.86. The third-order valence-electron chi connectivity index (χ3n) is 4.09. The summed E-state index contributed by atoms with van der Waals surface area (Å²) in [6.45, 7) is 4.28. The Hall–Kier alpha value is -2.33. The molecule has 0 aliphatic carbocycles. The van der Waals surface area contributed by atoms with Gasteiger partial charge in [-0.05, 0) is 39.8 Å². The number of benzene rings is 2. The summed E-state index contributed by atoms with van der Waals surface area (Å²) in [5.74, 6) is 0.135. The molecule has 0 spiro atoms. The molecule has 2 heterocycles. The molecule has 0 aliphatic rings. The molecule has 4 heteroatoms. The molecule has 4 aromatic rings. The summed E-state index contributed by atoms with van der Waals surface area (Å²) >= 11 is 1.59. The Kier molecular flexibility index (Phi) is 3.34. The zero-order chi connectivity index (χ0) is 16.0. The fraction of sp³-hybridized carbons (Fsp3) is 0.158. The summed E-state index contributed by atoms with van der Waals surface area (Å²) in [5.41, 5.74) is 3.33. The Morgan fingerprint density at radius 1 is 1.04 bits per heavy atom. The molecule has 2 aromatic carbocycles. The van der Waals surface area contributed by atoms with Gasteiger partial charge in [0.15, 0.2) is 0 Å². The van der Waals surface area contributed by atoms with Crippen molar-refractivity contribution >= 4 is 32.3 Å². The number of aromatic nitrogens is 2. The number of hydrogen-bond acceptors (Lipinski definition) is 3. The first-order valence-corrected chi connectivity index (χ1v) is 8.44. The summed E-state index contributed by atoms with van der Waals surface area (Å²) in [6.07, 6.45) is 1.53. The molecular formula is C19H15FN2S. The minimum atomic E-state index is -0.247. The smallest absolute Gasteiger partial charge is 0.133 e. The van der Waals surface area contributed by atoms with Crippen LogP contribution in [0.15, 0.2) is 48.1 Å². The van der Waals surface area contributed by atoms with Crippen LogP contribution >= 0.6 is 11.3 Å². The molecule has 23 heavy (non-hydrogen) atoms. The number of fused-ring (bicyclic) bond motifs is 2. The van der Waals surface area contributed by atoms with E-state index in [-0.39, 0.29) is 5.82 Å². The second-order valence-electron chi connectivity index (χ2n) is 5.92. The van der Waals surface area contributed by atoms with Crippen LogP contribution < -0.4 is 0 Å². The summed E-state index contributed by atoms with van der Waals surface area (Å²) in [6, 6.07) is 11.2. The number of thiophene rings is 1. The van der Waals surface area contributed by atoms with Crippen molar-refractivity contribution < 1.29 is 4.39 Å². The maximum absolute atomic E-state index is 14.6. The van der Waals surface area contributed by atoms with Gasteiger partial charge >= 0.3 is 0 Å². The summed E-state index contributed by atoms with van der Waals surface area (Å²) in [7, 11) is 0. The highest BCUT2D eigenvalue weighted by atomic mass is 32.1. The van der Waals surface area contributed by atoms with Crippen molar-refractivity contribution in [1.29, 1.82) is 0 Å². The van der Waals surface area contributed by atoms with Gasteiger partial charge in [-0.1, -0.05) is 38.1 Å². The monoisotopic (exact) mass is 322 g/mol. The van der Waals surface area contributed by atoms with Gasteiger partial charge in [-0.25, -0.2) is 14.4 Å². The van der Waals surface area contributed by atoms with Gasteiger partial charge in [-0.3, -0.25) is 0 Å². The Balaban J connectivity index is 2.01. The highest BCUT2D eigenvalue weighted by Gasteiger charge is 2.16. The molecule has 114 valence electrons. The Morgan fingerprint density at radius 3 is 2.52 bits per heavy atom. The largest absolute Gasteiger partial charge is 0.235 e. The molecule has 0 unspecified atom stereocenters. The first-order valence-electron chi connectivity index (χ1n) is 7.56. The molecule has 0 bridgehead atoms. The van der Waals surface area contributed by atoms with Gasteiger partial charge in [0.2, 0.25) is 0 Å². The SMILES string of the molecule is CC(C)c1csc2c(-c3cc4ccccc4cc3F)ncnc12. The Morgan fingerprint density at radius 2 is 1.78 bits per heavy atom. The van der Waals surface area contributed by atoms with E-state index in [0.717, 1.165) is 21.0 Å². The van der Waals surface area contributed by atoms with Crippen molar-refractivity contribution in [1.82, 2.24) is 9.97 Å². The van der Waals surface area contributed by atoms with Gasteiger partial charge in [-0.2, -0.15) is 0 Å². The van der Waals surface area contributed by atoms with Crippen molar-refractivity contribution in [3.05, 3.63) is 59.5 Å². The van der Waals surface area contributed by atoms with Crippen LogP contribution in [0.4, 0.5) is 4.39 Å². The Bertz CT molecular complexity index is 1020. The van der Waals surface area contributed by atoms with Crippen molar-refractivity contribution in [3.63, 3.8) is 0 Å². The van der Waals surface area contributed by atoms with Gasteiger partial charge in [-0.15, -0.1) is 11.3 Å². The molecular weight excluding hydrogens is 307 g/mol. The lowest BCUT2D eigenvalue weighted by Gasteiger charge is -2.07. The first kappa shape index (κ1) is 14.3. The maximum Gasteiger partial charge on any atom is 0.133 e. The topological polar surface area (TPSA) is 25.8 Å². The second-order valence-corrected chi connectivity index (χ2v) is 6.80. The van der Waals surface area contributed by atoms with E-state index in [9.17, 15) is 4.39 Å². The van der Waals surface area contributed by atoms with Crippen LogP contribution in [0, 0.1) is 5.82 Å². The molecule has 0 aliphatic heterocycles. The van der Waals surface area contributed by atoms with Crippen LogP contribution in [0.2, 0.25) is 0 Å². The molecule has 0 saturated heterocycles. The number of rotatable bonds is 2. The summed E-state index contributed by atoms with van der Waals surface area (Å²) < 4.78 is 15.6. The van der Waals surface area contributed by atoms with Gasteiger partial charge in [0.05, 0.1) is 15.9 Å². The summed E-state index contributed by atoms with van der Waals surface area (Å²) in [5, 5.41) is 4.01. The van der Waals surface area contributed by atoms with E-state index < -0.39 is 0 Å². The van der Waals surface area contributed by atoms with Gasteiger partial charge in [0.25, 0.3) is 0 Å². The molecule has 0 radical (unpaired) electrons. The average Bonchev–Trinajstić information content (AvgIpc) is 2.98. The third kappa shape index (κ3) is 2.30. The van der Waals surface area contributed by atoms with Crippen molar-refractivity contribution in [2.75, 3.05) is 0 Å². The lowest BCUT2D eigenvalue weighted by molar-refractivity contribution is 0.632. The molecule has 4 rings (SSSR count). The van der Waals surface area contributed by atoms with E-state index >= 15 is 0 Å². The lowest BCUT2D eigenvalue weighted by atomic mass is 10.0. The van der Waals surface area contributed by atoms with Crippen molar-refractivity contribution in [2.24, 2.45) is 0 Å². The van der Waals surface area contributed by atoms with E-state index in [0.29, 0.717) is 17.2 Å². The first-order chi connectivity index (χ1) is 11.1. The third-order valence-corrected chi connectivity index (χ3v) is 5.09. The predicted octanol–water partition coefficient (Wildman–Crippen LogP) is 5.77. The lowest BCUT2D eigenvalue weighted by Crippen LogP contribution is -1.92. The standard InChI is InChI=1S/C19H15FN2S/c1-11(2)15-9-23-19-17(21-10-22-18(15)19)14-7-12-5-3-4-6-13(12)8-16(14)20/h3-11H,1-2H3. The minimum absolute atomic E-state index is 0.247. The van der Waals surface area contributed by atoms with Crippen molar-refractivity contribution in [3.8, 4) is 11.3 Å². The van der Waals surface area contributed by atoms with Crippen LogP contribution in [0.25, 0.3) is 32.2 Å². The molecule has 0 N–H and O–H groups in total. The highest BCUT2D eigenvalue weighted by Crippen LogP contribution is 2.37. The van der Waals surface area contributed by atoms with E-state index in [1.54, 1.807) is 17.4 Å². The van der Waals surface area contributed by atoms with Crippen LogP contribution in [0.3, 0.4) is 0 Å². The van der Waals surface area contributed by atoms with Crippen LogP contribution in [-0.4, -0.2) is 9.97 Å². The normalized spacial score (nSPS) is 11.7. The zero-order valence-electron chi connectivity index (χ0n) is 12.9. The van der Waals surface area contributed by atoms with Gasteiger partial charge in [0.1, 0.15) is 12.1 Å². The number of nitrogens with zero attached hydrogens (tertiary/aromatic N) is 2. The van der Waals surface area contributed by atoms with E-state index in [1.165, 1.54) is 11.9 Å². The average molecular weight is 322 g/mol. The van der Waals surface area contributed by atoms with E-state index in [4.69, 9.17) is 0 Å². The van der Waals surface area contributed by atoms with Crippen LogP contribution in [0.5, 0.6) is 0 Å². The maximum atomic E-state index is 14.6. The second kappa shape index (κ2) is 5.39. The van der Waals surface area contributed by atoms with Crippen LogP contribution in [-0.2, 0) is 0 Å².